The van der Waals surface area contributed by atoms with Crippen LogP contribution in [-0.2, 0) is 0 Å². The molecule has 0 aromatic heterocycles. The van der Waals surface area contributed by atoms with Crippen LogP contribution in [0.15, 0.2) is 0 Å². The molecule has 0 saturated heterocycles. The number of aliphatic hydroxyl groups excluding tert-OH is 1. The highest BCUT2D eigenvalue weighted by Gasteiger charge is 1.92. The van der Waals surface area contributed by atoms with E-state index in [1.165, 1.54) is 0 Å². The maximum atomic E-state index is 7.75. The zero-order chi connectivity index (χ0) is 6.99. The molecule has 0 aromatic rings. The SMILES string of the molecule is Cl.NCCO.OB(O)O. The first-order valence-corrected chi connectivity index (χ1v) is 2.00. The Morgan fingerprint density at radius 1 is 1.22 bits per heavy atom. The van der Waals surface area contributed by atoms with Crippen LogP contribution in [0.3, 0.4) is 0 Å². The third-order valence-corrected chi connectivity index (χ3v) is 0.129. The van der Waals surface area contributed by atoms with E-state index in [1.54, 1.807) is 0 Å². The molecule has 0 aromatic carbocycles. The van der Waals surface area contributed by atoms with Gasteiger partial charge >= 0.3 is 7.32 Å². The predicted molar refractivity (Wildman–Crippen MR) is 35.8 cm³/mol. The minimum atomic E-state index is -2.17. The van der Waals surface area contributed by atoms with Crippen molar-refractivity contribution < 1.29 is 20.2 Å². The van der Waals surface area contributed by atoms with Crippen LogP contribution in [0.25, 0.3) is 0 Å². The topological polar surface area (TPSA) is 107 Å². The average molecular weight is 159 g/mol. The van der Waals surface area contributed by atoms with Gasteiger partial charge in [-0.05, 0) is 0 Å². The van der Waals surface area contributed by atoms with E-state index >= 15 is 0 Å². The van der Waals surface area contributed by atoms with Crippen LogP contribution in [-0.4, -0.2) is 40.7 Å². The maximum absolute atomic E-state index is 7.75. The zero-order valence-electron chi connectivity index (χ0n) is 4.77. The molecule has 0 aliphatic carbocycles. The summed E-state index contributed by atoms with van der Waals surface area (Å²) in [6.07, 6.45) is 0. The van der Waals surface area contributed by atoms with Gasteiger partial charge in [-0.3, -0.25) is 0 Å². The number of hydrogen-bond acceptors (Lipinski definition) is 5. The van der Waals surface area contributed by atoms with Gasteiger partial charge in [-0.25, -0.2) is 0 Å². The maximum Gasteiger partial charge on any atom is 0.631 e. The normalized spacial score (nSPS) is 6.33. The molecule has 0 heterocycles. The quantitative estimate of drug-likeness (QED) is 0.268. The molecule has 0 fully saturated rings. The Hall–Kier alpha value is 0.155. The lowest BCUT2D eigenvalue weighted by Gasteiger charge is -1.71. The summed E-state index contributed by atoms with van der Waals surface area (Å²) in [7, 11) is -2.17. The highest BCUT2D eigenvalue weighted by Crippen LogP contribution is 1.40. The monoisotopic (exact) mass is 159 g/mol. The fraction of sp³-hybridized carbons (Fsp3) is 1.00. The van der Waals surface area contributed by atoms with Crippen molar-refractivity contribution >= 4 is 19.7 Å². The van der Waals surface area contributed by atoms with E-state index in [-0.39, 0.29) is 19.0 Å². The third kappa shape index (κ3) is 232. The summed E-state index contributed by atoms with van der Waals surface area (Å²) in [5.41, 5.74) is 4.78. The second-order valence-corrected chi connectivity index (χ2v) is 0.859. The van der Waals surface area contributed by atoms with Gasteiger partial charge in [-0.1, -0.05) is 0 Å². The van der Waals surface area contributed by atoms with Gasteiger partial charge in [0, 0.05) is 6.54 Å². The molecular weight excluding hydrogens is 148 g/mol. The van der Waals surface area contributed by atoms with Crippen LogP contribution in [0.4, 0.5) is 0 Å². The van der Waals surface area contributed by atoms with E-state index in [9.17, 15) is 0 Å². The molecule has 0 aliphatic heterocycles. The molecular formula is C2H11BClNO4. The standard InChI is InChI=1S/C2H7NO.BH3O3.ClH/c3-1-2-4;2-1(3)4;/h4H,1-3H2;2-4H;1H. The van der Waals surface area contributed by atoms with Crippen molar-refractivity contribution in [1.29, 1.82) is 0 Å². The Kier molecular flexibility index (Phi) is 28.1. The first-order valence-electron chi connectivity index (χ1n) is 2.00. The largest absolute Gasteiger partial charge is 0.631 e. The van der Waals surface area contributed by atoms with Crippen molar-refractivity contribution in [3.63, 3.8) is 0 Å². The number of rotatable bonds is 1. The number of aliphatic hydroxyl groups is 1. The summed E-state index contributed by atoms with van der Waals surface area (Å²) >= 11 is 0. The fourth-order valence-electron chi connectivity index (χ4n) is 0. The van der Waals surface area contributed by atoms with Gasteiger partial charge in [0.05, 0.1) is 6.61 Å². The van der Waals surface area contributed by atoms with Crippen LogP contribution in [0.5, 0.6) is 0 Å². The van der Waals surface area contributed by atoms with E-state index in [2.05, 4.69) is 0 Å². The predicted octanol–water partition coefficient (Wildman–Crippen LogP) is -2.69. The Labute approximate surface area is 59.7 Å². The molecule has 0 atom stereocenters. The van der Waals surface area contributed by atoms with Gasteiger partial charge in [0.15, 0.2) is 0 Å². The van der Waals surface area contributed by atoms with Gasteiger partial charge in [-0.15, -0.1) is 12.4 Å². The Bertz CT molecular complexity index is 35.0. The lowest BCUT2D eigenvalue weighted by Crippen LogP contribution is -2.07. The van der Waals surface area contributed by atoms with E-state index in [1.807, 2.05) is 0 Å². The highest BCUT2D eigenvalue weighted by molar-refractivity contribution is 6.30. The van der Waals surface area contributed by atoms with Crippen molar-refractivity contribution in [2.45, 2.75) is 0 Å². The molecule has 7 heteroatoms. The summed E-state index contributed by atoms with van der Waals surface area (Å²) < 4.78 is 0. The summed E-state index contributed by atoms with van der Waals surface area (Å²) in [6, 6.07) is 0. The van der Waals surface area contributed by atoms with Crippen molar-refractivity contribution in [1.82, 2.24) is 0 Å². The van der Waals surface area contributed by atoms with Crippen molar-refractivity contribution in [3.05, 3.63) is 0 Å². The van der Waals surface area contributed by atoms with E-state index in [4.69, 9.17) is 25.9 Å². The average Bonchev–Trinajstić information content (AvgIpc) is 1.65. The summed E-state index contributed by atoms with van der Waals surface area (Å²) in [5, 5.41) is 29.3. The number of hydrogen-bond donors (Lipinski definition) is 5. The number of halogens is 1. The van der Waals surface area contributed by atoms with Gasteiger partial charge in [-0.2, -0.15) is 0 Å². The molecule has 0 radical (unpaired) electrons. The molecule has 0 spiro atoms. The molecule has 9 heavy (non-hydrogen) atoms. The smallest absolute Gasteiger partial charge is 0.402 e. The fourth-order valence-corrected chi connectivity index (χ4v) is 0. The molecule has 0 amide bonds. The molecule has 58 valence electrons. The van der Waals surface area contributed by atoms with E-state index < -0.39 is 7.32 Å². The summed E-state index contributed by atoms with van der Waals surface area (Å²) in [4.78, 5) is 0. The molecule has 5 nitrogen and oxygen atoms in total. The molecule has 0 bridgehead atoms. The first-order chi connectivity index (χ1) is 3.65. The van der Waals surface area contributed by atoms with Gasteiger partial charge < -0.3 is 25.9 Å². The van der Waals surface area contributed by atoms with Crippen molar-refractivity contribution in [2.75, 3.05) is 13.2 Å². The van der Waals surface area contributed by atoms with Crippen LogP contribution in [0.1, 0.15) is 0 Å². The second kappa shape index (κ2) is 15.7. The van der Waals surface area contributed by atoms with Gasteiger partial charge in [0.1, 0.15) is 0 Å². The van der Waals surface area contributed by atoms with Crippen molar-refractivity contribution in [2.24, 2.45) is 5.73 Å². The Balaban J connectivity index is -0.0000000720. The summed E-state index contributed by atoms with van der Waals surface area (Å²) in [5.74, 6) is 0. The molecule has 0 saturated carbocycles. The van der Waals surface area contributed by atoms with Crippen LogP contribution in [0, 0.1) is 0 Å². The Morgan fingerprint density at radius 2 is 1.33 bits per heavy atom. The highest BCUT2D eigenvalue weighted by atomic mass is 35.5. The lowest BCUT2D eigenvalue weighted by atomic mass is 10.3. The molecule has 6 N–H and O–H groups in total. The molecule has 0 aliphatic rings. The minimum absolute atomic E-state index is 0. The van der Waals surface area contributed by atoms with Crippen LogP contribution < -0.4 is 5.73 Å². The van der Waals surface area contributed by atoms with Gasteiger partial charge in [0.25, 0.3) is 0 Å². The second-order valence-electron chi connectivity index (χ2n) is 0.859. The van der Waals surface area contributed by atoms with Crippen molar-refractivity contribution in [3.8, 4) is 0 Å². The zero-order valence-corrected chi connectivity index (χ0v) is 5.58. The van der Waals surface area contributed by atoms with Crippen LogP contribution in [0.2, 0.25) is 0 Å². The lowest BCUT2D eigenvalue weighted by molar-refractivity contribution is 0.278. The van der Waals surface area contributed by atoms with Crippen LogP contribution >= 0.6 is 12.4 Å². The van der Waals surface area contributed by atoms with E-state index in [0.717, 1.165) is 0 Å². The third-order valence-electron chi connectivity index (χ3n) is 0.129. The van der Waals surface area contributed by atoms with Gasteiger partial charge in [0.2, 0.25) is 0 Å². The van der Waals surface area contributed by atoms with E-state index in [0.29, 0.717) is 6.54 Å². The Morgan fingerprint density at radius 3 is 1.33 bits per heavy atom. The molecule has 0 rings (SSSR count). The summed E-state index contributed by atoms with van der Waals surface area (Å²) in [6.45, 7) is 0.472. The minimum Gasteiger partial charge on any atom is -0.402 e. The molecule has 0 unspecified atom stereocenters. The first kappa shape index (κ1) is 16.1. The number of nitrogens with two attached hydrogens (primary N) is 1.